The zero-order valence-corrected chi connectivity index (χ0v) is 18.9. The lowest BCUT2D eigenvalue weighted by Crippen LogP contribution is -2.43. The molecule has 0 fully saturated rings. The largest absolute Gasteiger partial charge is 0.467 e. The van der Waals surface area contributed by atoms with Crippen LogP contribution in [0.1, 0.15) is 27.4 Å². The Bertz CT molecular complexity index is 1080. The van der Waals surface area contributed by atoms with Crippen LogP contribution in [-0.2, 0) is 35.8 Å². The fourth-order valence-corrected chi connectivity index (χ4v) is 3.38. The van der Waals surface area contributed by atoms with Crippen molar-refractivity contribution in [3.63, 3.8) is 0 Å². The van der Waals surface area contributed by atoms with Crippen LogP contribution >= 0.6 is 0 Å². The Hall–Kier alpha value is -3.53. The Morgan fingerprint density at radius 1 is 1.03 bits per heavy atom. The Morgan fingerprint density at radius 3 is 2.32 bits per heavy atom. The van der Waals surface area contributed by atoms with E-state index in [0.717, 1.165) is 30.0 Å². The van der Waals surface area contributed by atoms with Gasteiger partial charge in [-0.1, -0.05) is 0 Å². The predicted molar refractivity (Wildman–Crippen MR) is 118 cm³/mol. The van der Waals surface area contributed by atoms with Crippen LogP contribution in [0.2, 0.25) is 0 Å². The molecule has 0 bridgehead atoms. The van der Waals surface area contributed by atoms with E-state index < -0.39 is 17.6 Å². The maximum atomic E-state index is 13.3. The number of aromatic nitrogens is 1. The van der Waals surface area contributed by atoms with Crippen molar-refractivity contribution in [1.29, 1.82) is 0 Å². The van der Waals surface area contributed by atoms with E-state index in [4.69, 9.17) is 9.15 Å². The molecule has 1 aromatic carbocycles. The Balaban J connectivity index is 1.79. The molecule has 0 saturated heterocycles. The Labute approximate surface area is 195 Å². The second-order valence-electron chi connectivity index (χ2n) is 7.73. The number of amides is 2. The van der Waals surface area contributed by atoms with Crippen molar-refractivity contribution in [3.8, 4) is 0 Å². The van der Waals surface area contributed by atoms with Gasteiger partial charge in [0.15, 0.2) is 0 Å². The molecule has 7 nitrogen and oxygen atoms in total. The molecule has 3 aromatic rings. The van der Waals surface area contributed by atoms with Gasteiger partial charge in [0.2, 0.25) is 5.91 Å². The summed E-state index contributed by atoms with van der Waals surface area (Å²) in [4.78, 5) is 29.2. The van der Waals surface area contributed by atoms with E-state index in [9.17, 15) is 22.8 Å². The van der Waals surface area contributed by atoms with Gasteiger partial charge in [0.25, 0.3) is 5.91 Å². The first kappa shape index (κ1) is 25.1. The van der Waals surface area contributed by atoms with Gasteiger partial charge in [-0.05, 0) is 48.5 Å². The van der Waals surface area contributed by atoms with E-state index in [1.807, 2.05) is 29.9 Å². The molecule has 182 valence electrons. The minimum absolute atomic E-state index is 0.0527. The lowest BCUT2D eigenvalue weighted by Gasteiger charge is -2.27. The molecule has 0 aliphatic carbocycles. The third-order valence-corrected chi connectivity index (χ3v) is 5.32. The van der Waals surface area contributed by atoms with Crippen molar-refractivity contribution < 1.29 is 31.9 Å². The van der Waals surface area contributed by atoms with Crippen molar-refractivity contribution in [2.24, 2.45) is 7.05 Å². The number of alkyl halides is 3. The van der Waals surface area contributed by atoms with Crippen molar-refractivity contribution >= 4 is 11.8 Å². The second kappa shape index (κ2) is 11.1. The van der Waals surface area contributed by atoms with Gasteiger partial charge >= 0.3 is 6.18 Å². The molecule has 0 spiro atoms. The summed E-state index contributed by atoms with van der Waals surface area (Å²) in [5, 5.41) is 0. The number of methoxy groups -OCH3 is 1. The van der Waals surface area contributed by atoms with Gasteiger partial charge in [0.1, 0.15) is 12.3 Å². The zero-order valence-electron chi connectivity index (χ0n) is 18.9. The summed E-state index contributed by atoms with van der Waals surface area (Å²) in [5.41, 5.74) is 0.0881. The van der Waals surface area contributed by atoms with E-state index in [2.05, 4.69) is 0 Å². The Morgan fingerprint density at radius 2 is 1.76 bits per heavy atom. The van der Waals surface area contributed by atoms with Crippen LogP contribution < -0.4 is 0 Å². The van der Waals surface area contributed by atoms with Crippen LogP contribution in [0.3, 0.4) is 0 Å². The van der Waals surface area contributed by atoms with Gasteiger partial charge in [-0.15, -0.1) is 0 Å². The lowest BCUT2D eigenvalue weighted by molar-refractivity contribution is -0.137. The average Bonchev–Trinajstić information content (AvgIpc) is 3.47. The summed E-state index contributed by atoms with van der Waals surface area (Å²) in [6.07, 6.45) is -1.12. The highest BCUT2D eigenvalue weighted by molar-refractivity contribution is 5.96. The summed E-state index contributed by atoms with van der Waals surface area (Å²) in [5.74, 6) is -0.315. The number of carbonyl (C=O) groups excluding carboxylic acids is 2. The van der Waals surface area contributed by atoms with Gasteiger partial charge in [-0.25, -0.2) is 0 Å². The van der Waals surface area contributed by atoms with Gasteiger partial charge < -0.3 is 23.5 Å². The average molecular weight is 477 g/mol. The number of benzene rings is 1. The van der Waals surface area contributed by atoms with E-state index in [1.54, 1.807) is 17.0 Å². The van der Waals surface area contributed by atoms with E-state index in [0.29, 0.717) is 5.76 Å². The summed E-state index contributed by atoms with van der Waals surface area (Å²) in [6.45, 7) is 0.476. The number of halogens is 3. The van der Waals surface area contributed by atoms with Crippen LogP contribution in [-0.4, -0.2) is 53.0 Å². The number of ether oxygens (including phenoxy) is 1. The second-order valence-corrected chi connectivity index (χ2v) is 7.73. The minimum Gasteiger partial charge on any atom is -0.467 e. The lowest BCUT2D eigenvalue weighted by atomic mass is 10.1. The molecule has 2 heterocycles. The van der Waals surface area contributed by atoms with E-state index >= 15 is 0 Å². The minimum atomic E-state index is -4.50. The number of hydrogen-bond acceptors (Lipinski definition) is 4. The highest BCUT2D eigenvalue weighted by Crippen LogP contribution is 2.29. The molecule has 10 heteroatoms. The summed E-state index contributed by atoms with van der Waals surface area (Å²) >= 11 is 0. The monoisotopic (exact) mass is 477 g/mol. The van der Waals surface area contributed by atoms with E-state index in [1.165, 1.54) is 18.3 Å². The zero-order chi connectivity index (χ0) is 24.7. The number of furan rings is 1. The number of nitrogens with zero attached hydrogens (tertiary/aromatic N) is 3. The fraction of sp³-hybridized carbons (Fsp3) is 0.333. The number of aryl methyl sites for hydroxylation is 1. The summed E-state index contributed by atoms with van der Waals surface area (Å²) in [7, 11) is 3.32. The van der Waals surface area contributed by atoms with Crippen LogP contribution in [0.4, 0.5) is 13.2 Å². The first-order chi connectivity index (χ1) is 16.2. The molecule has 2 amide bonds. The van der Waals surface area contributed by atoms with Crippen LogP contribution in [0.5, 0.6) is 0 Å². The van der Waals surface area contributed by atoms with Crippen LogP contribution in [0.25, 0.3) is 0 Å². The molecule has 34 heavy (non-hydrogen) atoms. The normalized spacial score (nSPS) is 11.4. The fourth-order valence-electron chi connectivity index (χ4n) is 3.38. The first-order valence-electron chi connectivity index (χ1n) is 10.5. The summed E-state index contributed by atoms with van der Waals surface area (Å²) in [6, 6.07) is 11.1. The van der Waals surface area contributed by atoms with Gasteiger partial charge in [-0.2, -0.15) is 13.2 Å². The molecule has 0 radical (unpaired) electrons. The van der Waals surface area contributed by atoms with Crippen molar-refractivity contribution in [3.05, 3.63) is 83.6 Å². The molecule has 0 N–H and O–H groups in total. The molecule has 0 saturated carbocycles. The number of rotatable bonds is 10. The van der Waals surface area contributed by atoms with Crippen LogP contribution in [0.15, 0.2) is 65.4 Å². The number of carbonyl (C=O) groups is 2. The maximum absolute atomic E-state index is 13.3. The van der Waals surface area contributed by atoms with Gasteiger partial charge in [0.05, 0.1) is 31.5 Å². The SMILES string of the molecule is COCCN(CC(=O)N(Cc1ccco1)Cc1cccn1C)C(=O)c1ccc(C(F)(F)F)cc1. The summed E-state index contributed by atoms with van der Waals surface area (Å²) < 4.78 is 51.0. The van der Waals surface area contributed by atoms with Crippen molar-refractivity contribution in [1.82, 2.24) is 14.4 Å². The first-order valence-corrected chi connectivity index (χ1v) is 10.5. The number of hydrogen-bond donors (Lipinski definition) is 0. The molecule has 0 unspecified atom stereocenters. The van der Waals surface area contributed by atoms with Gasteiger partial charge in [-0.3, -0.25) is 9.59 Å². The third kappa shape index (κ3) is 6.50. The molecule has 0 aliphatic rings. The van der Waals surface area contributed by atoms with Gasteiger partial charge in [0, 0.05) is 38.2 Å². The molecule has 0 aliphatic heterocycles. The third-order valence-electron chi connectivity index (χ3n) is 5.32. The van der Waals surface area contributed by atoms with E-state index in [-0.39, 0.29) is 44.3 Å². The maximum Gasteiger partial charge on any atom is 0.416 e. The highest BCUT2D eigenvalue weighted by atomic mass is 19.4. The Kier molecular flexibility index (Phi) is 8.17. The molecule has 0 atom stereocenters. The standard InChI is InChI=1S/C24H26F3N3O4/c1-28-11-3-5-20(28)15-30(16-21-6-4-13-34-21)22(31)17-29(12-14-33-2)23(32)18-7-9-19(10-8-18)24(25,26)27/h3-11,13H,12,14-17H2,1-2H3. The molecular formula is C24H26F3N3O4. The smallest absolute Gasteiger partial charge is 0.416 e. The quantitative estimate of drug-likeness (QED) is 0.444. The molecule has 3 rings (SSSR count). The van der Waals surface area contributed by atoms with Crippen LogP contribution in [0, 0.1) is 0 Å². The van der Waals surface area contributed by atoms with Crippen molar-refractivity contribution in [2.75, 3.05) is 26.8 Å². The molecule has 2 aromatic heterocycles. The van der Waals surface area contributed by atoms with Crippen molar-refractivity contribution in [2.45, 2.75) is 19.3 Å². The molecular weight excluding hydrogens is 451 g/mol. The predicted octanol–water partition coefficient (Wildman–Crippen LogP) is 3.95. The topological polar surface area (TPSA) is 67.9 Å². The highest BCUT2D eigenvalue weighted by Gasteiger charge is 2.31.